The predicted octanol–water partition coefficient (Wildman–Crippen LogP) is 3.61. The highest BCUT2D eigenvalue weighted by Crippen LogP contribution is 2.46. The molecule has 0 radical (unpaired) electrons. The van der Waals surface area contributed by atoms with Gasteiger partial charge in [-0.3, -0.25) is 0 Å². The van der Waals surface area contributed by atoms with Crippen LogP contribution in [0.3, 0.4) is 0 Å². The summed E-state index contributed by atoms with van der Waals surface area (Å²) in [4.78, 5) is 0. The van der Waals surface area contributed by atoms with Crippen molar-refractivity contribution in [1.29, 1.82) is 0 Å². The molecule has 1 aliphatic rings. The van der Waals surface area contributed by atoms with E-state index in [1.807, 2.05) is 0 Å². The lowest BCUT2D eigenvalue weighted by Crippen LogP contribution is -2.37. The zero-order valence-electron chi connectivity index (χ0n) is 10.2. The van der Waals surface area contributed by atoms with E-state index in [0.717, 1.165) is 24.7 Å². The molecule has 2 unspecified atom stereocenters. The first-order valence-electron chi connectivity index (χ1n) is 6.16. The van der Waals surface area contributed by atoms with Gasteiger partial charge in [-0.05, 0) is 42.9 Å². The molecule has 14 heavy (non-hydrogen) atoms. The van der Waals surface area contributed by atoms with Crippen LogP contribution in [0.15, 0.2) is 0 Å². The highest BCUT2D eigenvalue weighted by atomic mass is 16.3. The molecule has 84 valence electrons. The molecule has 0 aromatic heterocycles. The summed E-state index contributed by atoms with van der Waals surface area (Å²) in [6, 6.07) is 0. The Morgan fingerprint density at radius 2 is 2.07 bits per heavy atom. The van der Waals surface area contributed by atoms with E-state index < -0.39 is 0 Å². The first-order valence-corrected chi connectivity index (χ1v) is 6.16. The average molecular weight is 198 g/mol. The van der Waals surface area contributed by atoms with E-state index in [1.54, 1.807) is 0 Å². The maximum atomic E-state index is 9.68. The minimum absolute atomic E-state index is 0.0276. The Morgan fingerprint density at radius 1 is 1.43 bits per heavy atom. The molecular weight excluding hydrogens is 172 g/mol. The molecular formula is C13H26O. The molecule has 3 atom stereocenters. The lowest BCUT2D eigenvalue weighted by Gasteiger charge is -2.44. The maximum absolute atomic E-state index is 9.68. The summed E-state index contributed by atoms with van der Waals surface area (Å²) in [7, 11) is 0. The van der Waals surface area contributed by atoms with Crippen LogP contribution in [0.5, 0.6) is 0 Å². The predicted molar refractivity (Wildman–Crippen MR) is 61.2 cm³/mol. The summed E-state index contributed by atoms with van der Waals surface area (Å²) in [5.74, 6) is 1.51. The van der Waals surface area contributed by atoms with Gasteiger partial charge in [0.25, 0.3) is 0 Å². The van der Waals surface area contributed by atoms with Crippen molar-refractivity contribution < 1.29 is 5.11 Å². The molecule has 0 heterocycles. The quantitative estimate of drug-likeness (QED) is 0.734. The highest BCUT2D eigenvalue weighted by molar-refractivity contribution is 4.89. The molecule has 1 rings (SSSR count). The van der Waals surface area contributed by atoms with Crippen LogP contribution in [0.2, 0.25) is 0 Å². The maximum Gasteiger partial charge on any atom is 0.0543 e. The fourth-order valence-corrected chi connectivity index (χ4v) is 3.29. The molecule has 1 heteroatoms. The second-order valence-electron chi connectivity index (χ2n) is 5.79. The Bertz CT molecular complexity index is 176. The monoisotopic (exact) mass is 198 g/mol. The molecule has 0 bridgehead atoms. The van der Waals surface area contributed by atoms with Crippen molar-refractivity contribution in [2.75, 3.05) is 0 Å². The Labute approximate surface area is 88.9 Å². The average Bonchev–Trinajstić information content (AvgIpc) is 2.08. The minimum atomic E-state index is -0.0276. The minimum Gasteiger partial charge on any atom is -0.393 e. The van der Waals surface area contributed by atoms with Crippen LogP contribution in [-0.4, -0.2) is 11.2 Å². The lowest BCUT2D eigenvalue weighted by atomic mass is 9.62. The molecule has 0 spiro atoms. The molecule has 1 N–H and O–H groups in total. The second kappa shape index (κ2) is 4.65. The molecule has 0 amide bonds. The molecule has 0 aliphatic heterocycles. The molecule has 1 aliphatic carbocycles. The first kappa shape index (κ1) is 12.0. The Balaban J connectivity index is 2.64. The van der Waals surface area contributed by atoms with Gasteiger partial charge in [0.05, 0.1) is 6.10 Å². The number of aliphatic hydroxyl groups is 1. The van der Waals surface area contributed by atoms with E-state index in [0.29, 0.717) is 5.41 Å². The van der Waals surface area contributed by atoms with Gasteiger partial charge in [0.1, 0.15) is 0 Å². The fraction of sp³-hybridized carbons (Fsp3) is 1.00. The molecule has 1 nitrogen and oxygen atoms in total. The van der Waals surface area contributed by atoms with E-state index in [9.17, 15) is 5.11 Å². The van der Waals surface area contributed by atoms with Crippen LogP contribution in [0.1, 0.15) is 59.8 Å². The normalized spacial score (nSPS) is 39.0. The van der Waals surface area contributed by atoms with E-state index in [-0.39, 0.29) is 6.10 Å². The number of hydrogen-bond donors (Lipinski definition) is 1. The van der Waals surface area contributed by atoms with E-state index in [1.165, 1.54) is 19.3 Å². The standard InChI is InChI=1S/C13H26O/c1-5-11-8-12(14)6-7-13(11,4)9-10(2)3/h10-12,14H,5-9H2,1-4H3/t11?,12?,13-/m0/s1. The largest absolute Gasteiger partial charge is 0.393 e. The summed E-state index contributed by atoms with van der Waals surface area (Å²) in [6.07, 6.45) is 5.77. The van der Waals surface area contributed by atoms with Crippen molar-refractivity contribution in [3.8, 4) is 0 Å². The van der Waals surface area contributed by atoms with Crippen molar-refractivity contribution in [2.24, 2.45) is 17.3 Å². The van der Waals surface area contributed by atoms with Crippen LogP contribution in [0.4, 0.5) is 0 Å². The number of aliphatic hydroxyl groups excluding tert-OH is 1. The summed E-state index contributed by atoms with van der Waals surface area (Å²) >= 11 is 0. The van der Waals surface area contributed by atoms with Crippen molar-refractivity contribution in [3.05, 3.63) is 0 Å². The zero-order valence-corrected chi connectivity index (χ0v) is 10.2. The Kier molecular flexibility index (Phi) is 4.00. The lowest BCUT2D eigenvalue weighted by molar-refractivity contribution is 0.00456. The summed E-state index contributed by atoms with van der Waals surface area (Å²) in [5, 5.41) is 9.68. The number of rotatable bonds is 3. The van der Waals surface area contributed by atoms with E-state index >= 15 is 0 Å². The van der Waals surface area contributed by atoms with Crippen LogP contribution in [-0.2, 0) is 0 Å². The summed E-state index contributed by atoms with van der Waals surface area (Å²) in [5.41, 5.74) is 0.488. The third-order valence-electron chi connectivity index (χ3n) is 3.96. The summed E-state index contributed by atoms with van der Waals surface area (Å²) in [6.45, 7) is 9.31. The first-order chi connectivity index (χ1) is 6.48. The molecule has 1 fully saturated rings. The van der Waals surface area contributed by atoms with Crippen molar-refractivity contribution in [1.82, 2.24) is 0 Å². The fourth-order valence-electron chi connectivity index (χ4n) is 3.29. The van der Waals surface area contributed by atoms with Gasteiger partial charge in [0, 0.05) is 0 Å². The van der Waals surface area contributed by atoms with Gasteiger partial charge in [0.15, 0.2) is 0 Å². The van der Waals surface area contributed by atoms with Gasteiger partial charge in [0.2, 0.25) is 0 Å². The van der Waals surface area contributed by atoms with E-state index in [2.05, 4.69) is 27.7 Å². The Morgan fingerprint density at radius 3 is 2.57 bits per heavy atom. The van der Waals surface area contributed by atoms with Gasteiger partial charge < -0.3 is 5.11 Å². The van der Waals surface area contributed by atoms with Crippen LogP contribution in [0.25, 0.3) is 0 Å². The van der Waals surface area contributed by atoms with Crippen LogP contribution >= 0.6 is 0 Å². The highest BCUT2D eigenvalue weighted by Gasteiger charge is 2.38. The van der Waals surface area contributed by atoms with Crippen LogP contribution < -0.4 is 0 Å². The topological polar surface area (TPSA) is 20.2 Å². The van der Waals surface area contributed by atoms with E-state index in [4.69, 9.17) is 0 Å². The van der Waals surface area contributed by atoms with Crippen molar-refractivity contribution >= 4 is 0 Å². The zero-order chi connectivity index (χ0) is 10.8. The molecule has 0 saturated heterocycles. The smallest absolute Gasteiger partial charge is 0.0543 e. The van der Waals surface area contributed by atoms with Gasteiger partial charge in [-0.25, -0.2) is 0 Å². The third kappa shape index (κ3) is 2.73. The second-order valence-corrected chi connectivity index (χ2v) is 5.79. The van der Waals surface area contributed by atoms with Crippen molar-refractivity contribution in [2.45, 2.75) is 65.9 Å². The number of hydrogen-bond acceptors (Lipinski definition) is 1. The third-order valence-corrected chi connectivity index (χ3v) is 3.96. The summed E-state index contributed by atoms with van der Waals surface area (Å²) < 4.78 is 0. The molecule has 1 saturated carbocycles. The van der Waals surface area contributed by atoms with Crippen LogP contribution in [0, 0.1) is 17.3 Å². The molecule has 0 aromatic rings. The van der Waals surface area contributed by atoms with Gasteiger partial charge >= 0.3 is 0 Å². The van der Waals surface area contributed by atoms with Gasteiger partial charge in [-0.15, -0.1) is 0 Å². The SMILES string of the molecule is CCC1CC(O)CC[C@@]1(C)CC(C)C. The van der Waals surface area contributed by atoms with Gasteiger partial charge in [-0.1, -0.05) is 34.1 Å². The van der Waals surface area contributed by atoms with Gasteiger partial charge in [-0.2, -0.15) is 0 Å². The Hall–Kier alpha value is -0.0400. The van der Waals surface area contributed by atoms with Crippen molar-refractivity contribution in [3.63, 3.8) is 0 Å². The molecule has 0 aromatic carbocycles.